The lowest BCUT2D eigenvalue weighted by molar-refractivity contribution is 0.211. The number of fused-ring (bicyclic) bond motifs is 1. The monoisotopic (exact) mass is 226 g/mol. The molecule has 0 fully saturated rings. The lowest BCUT2D eigenvalue weighted by Crippen LogP contribution is -2.36. The lowest BCUT2D eigenvalue weighted by Gasteiger charge is -2.20. The minimum atomic E-state index is -0.855. The number of aliphatic hydroxyl groups excluding tert-OH is 1. The van der Waals surface area contributed by atoms with E-state index in [0.29, 0.717) is 21.7 Å². The predicted octanol–water partition coefficient (Wildman–Crippen LogP) is 0.777. The van der Waals surface area contributed by atoms with Gasteiger partial charge in [-0.05, 0) is 6.92 Å². The first-order valence-electron chi connectivity index (χ1n) is 4.44. The van der Waals surface area contributed by atoms with Gasteiger partial charge in [0.05, 0.1) is 17.5 Å². The van der Waals surface area contributed by atoms with Crippen LogP contribution in [0, 0.1) is 0 Å². The predicted molar refractivity (Wildman–Crippen MR) is 57.5 cm³/mol. The molecular weight excluding hydrogens is 216 g/mol. The highest BCUT2D eigenvalue weighted by Crippen LogP contribution is 2.29. The number of nitrogens with one attached hydrogen (secondary N) is 1. The molecule has 2 heterocycles. The SMILES string of the molecule is CC(N)(CO)c1c[nH]c2ncnc(Cl)c12. The van der Waals surface area contributed by atoms with Crippen LogP contribution in [0.3, 0.4) is 0 Å². The van der Waals surface area contributed by atoms with E-state index >= 15 is 0 Å². The lowest BCUT2D eigenvalue weighted by atomic mass is 9.95. The topological polar surface area (TPSA) is 87.8 Å². The van der Waals surface area contributed by atoms with E-state index in [2.05, 4.69) is 15.0 Å². The van der Waals surface area contributed by atoms with E-state index in [0.717, 1.165) is 0 Å². The Hall–Kier alpha value is -1.17. The van der Waals surface area contributed by atoms with Gasteiger partial charge in [0.1, 0.15) is 17.1 Å². The van der Waals surface area contributed by atoms with E-state index in [4.69, 9.17) is 17.3 Å². The van der Waals surface area contributed by atoms with Crippen LogP contribution in [0.1, 0.15) is 12.5 Å². The van der Waals surface area contributed by atoms with Crippen LogP contribution in [0.5, 0.6) is 0 Å². The first-order valence-corrected chi connectivity index (χ1v) is 4.82. The highest BCUT2D eigenvalue weighted by molar-refractivity contribution is 6.34. The van der Waals surface area contributed by atoms with Crippen molar-refractivity contribution in [2.75, 3.05) is 6.61 Å². The quantitative estimate of drug-likeness (QED) is 0.661. The summed E-state index contributed by atoms with van der Waals surface area (Å²) in [6, 6.07) is 0. The average molecular weight is 227 g/mol. The van der Waals surface area contributed by atoms with Gasteiger partial charge in [-0.1, -0.05) is 11.6 Å². The normalized spacial score (nSPS) is 15.5. The highest BCUT2D eigenvalue weighted by atomic mass is 35.5. The summed E-state index contributed by atoms with van der Waals surface area (Å²) in [5, 5.41) is 10.2. The third kappa shape index (κ3) is 1.58. The Bertz CT molecular complexity index is 494. The molecule has 0 spiro atoms. The number of nitrogens with two attached hydrogens (primary N) is 1. The minimum Gasteiger partial charge on any atom is -0.394 e. The molecule has 2 aromatic heterocycles. The van der Waals surface area contributed by atoms with E-state index in [-0.39, 0.29) is 6.61 Å². The molecule has 0 bridgehead atoms. The fraction of sp³-hybridized carbons (Fsp3) is 0.333. The molecule has 2 aromatic rings. The second-order valence-electron chi connectivity index (χ2n) is 3.67. The van der Waals surface area contributed by atoms with Crippen molar-refractivity contribution in [3.05, 3.63) is 23.2 Å². The molecule has 0 aliphatic heterocycles. The molecule has 2 rings (SSSR count). The summed E-state index contributed by atoms with van der Waals surface area (Å²) >= 11 is 5.96. The summed E-state index contributed by atoms with van der Waals surface area (Å²) in [5.41, 5.74) is 6.41. The Balaban J connectivity index is 2.73. The number of aliphatic hydroxyl groups is 1. The Labute approximate surface area is 91.3 Å². The summed E-state index contributed by atoms with van der Waals surface area (Å²) in [6.07, 6.45) is 3.07. The Morgan fingerprint density at radius 1 is 1.60 bits per heavy atom. The molecule has 15 heavy (non-hydrogen) atoms. The molecule has 80 valence electrons. The molecule has 0 aliphatic rings. The Morgan fingerprint density at radius 2 is 2.33 bits per heavy atom. The van der Waals surface area contributed by atoms with E-state index in [1.54, 1.807) is 13.1 Å². The largest absolute Gasteiger partial charge is 0.394 e. The van der Waals surface area contributed by atoms with Crippen molar-refractivity contribution in [3.8, 4) is 0 Å². The second-order valence-corrected chi connectivity index (χ2v) is 4.02. The molecular formula is C9H11ClN4O. The van der Waals surface area contributed by atoms with Crippen molar-refractivity contribution < 1.29 is 5.11 Å². The third-order valence-corrected chi connectivity index (χ3v) is 2.65. The molecule has 1 atom stereocenters. The summed E-state index contributed by atoms with van der Waals surface area (Å²) in [4.78, 5) is 10.9. The van der Waals surface area contributed by atoms with Gasteiger partial charge in [-0.3, -0.25) is 0 Å². The van der Waals surface area contributed by atoms with Gasteiger partial charge < -0.3 is 15.8 Å². The van der Waals surface area contributed by atoms with Crippen LogP contribution in [0.25, 0.3) is 11.0 Å². The summed E-state index contributed by atoms with van der Waals surface area (Å²) in [6.45, 7) is 1.55. The zero-order valence-electron chi connectivity index (χ0n) is 8.16. The van der Waals surface area contributed by atoms with Crippen molar-refractivity contribution in [1.82, 2.24) is 15.0 Å². The summed E-state index contributed by atoms with van der Waals surface area (Å²) in [5.74, 6) is 0. The minimum absolute atomic E-state index is 0.175. The van der Waals surface area contributed by atoms with Crippen molar-refractivity contribution in [2.45, 2.75) is 12.5 Å². The number of hydrogen-bond donors (Lipinski definition) is 3. The first kappa shape index (κ1) is 10.4. The number of hydrogen-bond acceptors (Lipinski definition) is 4. The van der Waals surface area contributed by atoms with Crippen LogP contribution in [0.4, 0.5) is 0 Å². The highest BCUT2D eigenvalue weighted by Gasteiger charge is 2.25. The van der Waals surface area contributed by atoms with Crippen LogP contribution in [-0.2, 0) is 5.54 Å². The molecule has 0 saturated carbocycles. The maximum absolute atomic E-state index is 9.19. The fourth-order valence-corrected chi connectivity index (χ4v) is 1.70. The van der Waals surface area contributed by atoms with Crippen LogP contribution in [0.2, 0.25) is 5.15 Å². The number of nitrogens with zero attached hydrogens (tertiary/aromatic N) is 2. The smallest absolute Gasteiger partial charge is 0.142 e. The van der Waals surface area contributed by atoms with Gasteiger partial charge >= 0.3 is 0 Å². The van der Waals surface area contributed by atoms with Gasteiger partial charge in [-0.25, -0.2) is 9.97 Å². The number of aromatic nitrogens is 3. The molecule has 0 aliphatic carbocycles. The van der Waals surface area contributed by atoms with E-state index in [9.17, 15) is 5.11 Å². The molecule has 1 unspecified atom stereocenters. The van der Waals surface area contributed by atoms with E-state index in [1.807, 2.05) is 0 Å². The van der Waals surface area contributed by atoms with E-state index < -0.39 is 5.54 Å². The van der Waals surface area contributed by atoms with Gasteiger partial charge in [0.15, 0.2) is 0 Å². The number of H-pyrrole nitrogens is 1. The summed E-state index contributed by atoms with van der Waals surface area (Å²) < 4.78 is 0. The molecule has 4 N–H and O–H groups in total. The standard InChI is InChI=1S/C9H11ClN4O/c1-9(11,3-15)5-2-12-8-6(5)7(10)13-4-14-8/h2,4,15H,3,11H2,1H3,(H,12,13,14). The van der Waals surface area contributed by atoms with Crippen molar-refractivity contribution in [2.24, 2.45) is 5.73 Å². The van der Waals surface area contributed by atoms with Crippen molar-refractivity contribution in [3.63, 3.8) is 0 Å². The molecule has 5 nitrogen and oxygen atoms in total. The van der Waals surface area contributed by atoms with Crippen molar-refractivity contribution in [1.29, 1.82) is 0 Å². The van der Waals surface area contributed by atoms with Crippen LogP contribution >= 0.6 is 11.6 Å². The van der Waals surface area contributed by atoms with E-state index in [1.165, 1.54) is 6.33 Å². The zero-order chi connectivity index (χ0) is 11.1. The summed E-state index contributed by atoms with van der Waals surface area (Å²) in [7, 11) is 0. The second kappa shape index (κ2) is 3.44. The molecule has 0 radical (unpaired) electrons. The van der Waals surface area contributed by atoms with Gasteiger partial charge in [-0.15, -0.1) is 0 Å². The van der Waals surface area contributed by atoms with Gasteiger partial charge in [0.2, 0.25) is 0 Å². The number of halogens is 1. The molecule has 6 heteroatoms. The molecule has 0 aromatic carbocycles. The number of rotatable bonds is 2. The fourth-order valence-electron chi connectivity index (χ4n) is 1.46. The average Bonchev–Trinajstić information content (AvgIpc) is 2.63. The van der Waals surface area contributed by atoms with Crippen molar-refractivity contribution >= 4 is 22.6 Å². The van der Waals surface area contributed by atoms with Gasteiger partial charge in [-0.2, -0.15) is 0 Å². The first-order chi connectivity index (χ1) is 7.06. The third-order valence-electron chi connectivity index (χ3n) is 2.37. The Morgan fingerprint density at radius 3 is 3.00 bits per heavy atom. The van der Waals surface area contributed by atoms with Crippen LogP contribution < -0.4 is 5.73 Å². The molecule has 0 saturated heterocycles. The maximum Gasteiger partial charge on any atom is 0.142 e. The van der Waals surface area contributed by atoms with Crippen LogP contribution in [0.15, 0.2) is 12.5 Å². The molecule has 0 amide bonds. The number of aromatic amines is 1. The van der Waals surface area contributed by atoms with Gasteiger partial charge in [0, 0.05) is 11.8 Å². The zero-order valence-corrected chi connectivity index (χ0v) is 8.91. The maximum atomic E-state index is 9.19. The van der Waals surface area contributed by atoms with Gasteiger partial charge in [0.25, 0.3) is 0 Å². The Kier molecular flexibility index (Phi) is 2.38. The van der Waals surface area contributed by atoms with Crippen LogP contribution in [-0.4, -0.2) is 26.7 Å².